The molecule has 3 rings (SSSR count). The van der Waals surface area contributed by atoms with E-state index in [4.69, 9.17) is 16.3 Å². The normalized spacial score (nSPS) is 11.5. The zero-order valence-corrected chi connectivity index (χ0v) is 16.4. The van der Waals surface area contributed by atoms with Gasteiger partial charge in [0, 0.05) is 18.8 Å². The van der Waals surface area contributed by atoms with E-state index in [0.29, 0.717) is 6.07 Å². The van der Waals surface area contributed by atoms with Crippen LogP contribution < -0.4 is 15.7 Å². The lowest BCUT2D eigenvalue weighted by Gasteiger charge is -2.15. The highest BCUT2D eigenvalue weighted by Crippen LogP contribution is 2.32. The SMILES string of the molecule is Cn1cc(-c2cc(OCC(F)(F)F)c(C(=O)Nc3c(F)cccc3Cl)cc2F)[nH]c1=O. The van der Waals surface area contributed by atoms with Crippen molar-refractivity contribution in [3.05, 3.63) is 69.2 Å². The van der Waals surface area contributed by atoms with Gasteiger partial charge in [-0.1, -0.05) is 17.7 Å². The molecule has 0 atom stereocenters. The Kier molecular flexibility index (Phi) is 6.07. The first-order valence-electron chi connectivity index (χ1n) is 8.50. The summed E-state index contributed by atoms with van der Waals surface area (Å²) in [6, 6.07) is 5.01. The van der Waals surface area contributed by atoms with Crippen molar-refractivity contribution in [1.82, 2.24) is 9.55 Å². The summed E-state index contributed by atoms with van der Waals surface area (Å²) in [7, 11) is 1.38. The summed E-state index contributed by atoms with van der Waals surface area (Å²) < 4.78 is 72.4. The zero-order valence-electron chi connectivity index (χ0n) is 15.6. The Morgan fingerprint density at radius 3 is 2.52 bits per heavy atom. The van der Waals surface area contributed by atoms with Gasteiger partial charge in [-0.2, -0.15) is 13.2 Å². The number of H-pyrrole nitrogens is 1. The number of amides is 1. The number of hydrogen-bond acceptors (Lipinski definition) is 3. The molecule has 0 fully saturated rings. The van der Waals surface area contributed by atoms with Crippen molar-refractivity contribution in [2.45, 2.75) is 6.18 Å². The lowest BCUT2D eigenvalue weighted by molar-refractivity contribution is -0.153. The van der Waals surface area contributed by atoms with Gasteiger partial charge in [-0.15, -0.1) is 0 Å². The summed E-state index contributed by atoms with van der Waals surface area (Å²) in [4.78, 5) is 26.5. The summed E-state index contributed by atoms with van der Waals surface area (Å²) >= 11 is 5.83. The first-order valence-corrected chi connectivity index (χ1v) is 8.88. The molecule has 1 heterocycles. The Hall–Kier alpha value is -3.34. The number of aromatic nitrogens is 2. The van der Waals surface area contributed by atoms with Crippen LogP contribution in [-0.2, 0) is 7.05 Å². The van der Waals surface area contributed by atoms with Crippen molar-refractivity contribution < 1.29 is 31.5 Å². The number of alkyl halides is 3. The second kappa shape index (κ2) is 8.42. The number of aromatic amines is 1. The maximum atomic E-state index is 14.7. The highest BCUT2D eigenvalue weighted by atomic mass is 35.5. The Labute approximate surface area is 176 Å². The van der Waals surface area contributed by atoms with Gasteiger partial charge in [-0.3, -0.25) is 4.79 Å². The molecular formula is C19H13ClF5N3O3. The third-order valence-corrected chi connectivity index (χ3v) is 4.40. The van der Waals surface area contributed by atoms with Crippen molar-refractivity contribution in [3.63, 3.8) is 0 Å². The number of hydrogen-bond donors (Lipinski definition) is 2. The van der Waals surface area contributed by atoms with Gasteiger partial charge in [0.2, 0.25) is 0 Å². The summed E-state index contributed by atoms with van der Waals surface area (Å²) in [6.45, 7) is -1.77. The summed E-state index contributed by atoms with van der Waals surface area (Å²) in [5, 5.41) is 1.92. The number of carbonyl (C=O) groups excluding carboxylic acids is 1. The molecule has 0 unspecified atom stereocenters. The van der Waals surface area contributed by atoms with Crippen molar-refractivity contribution in [3.8, 4) is 17.0 Å². The fraction of sp³-hybridized carbons (Fsp3) is 0.158. The molecule has 0 aliphatic carbocycles. The Morgan fingerprint density at radius 1 is 1.23 bits per heavy atom. The molecule has 12 heteroatoms. The third-order valence-electron chi connectivity index (χ3n) is 4.08. The Bertz CT molecular complexity index is 1180. The number of para-hydroxylation sites is 1. The highest BCUT2D eigenvalue weighted by Gasteiger charge is 2.30. The quantitative estimate of drug-likeness (QED) is 0.549. The predicted octanol–water partition coefficient (Wildman–Crippen LogP) is 4.51. The molecule has 6 nitrogen and oxygen atoms in total. The van der Waals surface area contributed by atoms with Crippen molar-refractivity contribution >= 4 is 23.2 Å². The number of benzene rings is 2. The third kappa shape index (κ3) is 5.05. The van der Waals surface area contributed by atoms with Crippen molar-refractivity contribution in [2.24, 2.45) is 7.05 Å². The van der Waals surface area contributed by atoms with Crippen molar-refractivity contribution in [1.29, 1.82) is 0 Å². The largest absolute Gasteiger partial charge is 0.483 e. The molecule has 3 aromatic rings. The van der Waals surface area contributed by atoms with Crippen LogP contribution in [0.4, 0.5) is 27.6 Å². The maximum absolute atomic E-state index is 14.7. The second-order valence-corrected chi connectivity index (χ2v) is 6.77. The molecule has 0 aliphatic rings. The molecule has 2 aromatic carbocycles. The molecule has 0 spiro atoms. The van der Waals surface area contributed by atoms with Crippen LogP contribution in [0.3, 0.4) is 0 Å². The van der Waals surface area contributed by atoms with E-state index in [1.165, 1.54) is 25.4 Å². The number of halogens is 6. The molecule has 0 bridgehead atoms. The number of carbonyl (C=O) groups is 1. The number of anilines is 1. The first kappa shape index (κ1) is 22.3. The fourth-order valence-electron chi connectivity index (χ4n) is 2.64. The van der Waals surface area contributed by atoms with E-state index in [2.05, 4.69) is 10.3 Å². The van der Waals surface area contributed by atoms with E-state index in [1.54, 1.807) is 0 Å². The van der Waals surface area contributed by atoms with Crippen LogP contribution in [0.15, 0.2) is 41.3 Å². The van der Waals surface area contributed by atoms with E-state index in [-0.39, 0.29) is 16.3 Å². The fourth-order valence-corrected chi connectivity index (χ4v) is 2.85. The number of nitrogens with zero attached hydrogens (tertiary/aromatic N) is 1. The molecular weight excluding hydrogens is 449 g/mol. The molecule has 1 aromatic heterocycles. The monoisotopic (exact) mass is 461 g/mol. The average Bonchev–Trinajstić information content (AvgIpc) is 3.01. The van der Waals surface area contributed by atoms with Crippen LogP contribution >= 0.6 is 11.6 Å². The number of rotatable bonds is 5. The van der Waals surface area contributed by atoms with E-state index in [0.717, 1.165) is 16.7 Å². The van der Waals surface area contributed by atoms with Gasteiger partial charge in [0.1, 0.15) is 17.4 Å². The van der Waals surface area contributed by atoms with Crippen LogP contribution in [0.2, 0.25) is 5.02 Å². The van der Waals surface area contributed by atoms with Crippen LogP contribution in [-0.4, -0.2) is 28.2 Å². The number of nitrogens with one attached hydrogen (secondary N) is 2. The van der Waals surface area contributed by atoms with Crippen molar-refractivity contribution in [2.75, 3.05) is 11.9 Å². The van der Waals surface area contributed by atoms with Crippen LogP contribution in [0, 0.1) is 11.6 Å². The zero-order chi connectivity index (χ0) is 22.9. The first-order chi connectivity index (χ1) is 14.5. The lowest BCUT2D eigenvalue weighted by atomic mass is 10.1. The van der Waals surface area contributed by atoms with Crippen LogP contribution in [0.1, 0.15) is 10.4 Å². The number of aryl methyl sites for hydroxylation is 1. The summed E-state index contributed by atoms with van der Waals surface area (Å²) in [6.07, 6.45) is -3.54. The van der Waals surface area contributed by atoms with Gasteiger partial charge < -0.3 is 19.6 Å². The number of ether oxygens (including phenoxy) is 1. The molecule has 1 amide bonds. The minimum Gasteiger partial charge on any atom is -0.483 e. The molecule has 0 radical (unpaired) electrons. The van der Waals surface area contributed by atoms with E-state index >= 15 is 0 Å². The molecule has 0 saturated carbocycles. The molecule has 164 valence electrons. The Balaban J connectivity index is 2.06. The smallest absolute Gasteiger partial charge is 0.422 e. The van der Waals surface area contributed by atoms with Gasteiger partial charge in [-0.25, -0.2) is 13.6 Å². The molecule has 0 saturated heterocycles. The standard InChI is InChI=1S/C19H13ClF5N3O3/c1-28-7-14(26-18(28)30)9-6-15(31-8-19(23,24)25)10(5-13(9)22)17(29)27-16-11(20)3-2-4-12(16)21/h2-7H,8H2,1H3,(H,26,30)(H,27,29). The minimum atomic E-state index is -4.75. The summed E-state index contributed by atoms with van der Waals surface area (Å²) in [5.41, 5.74) is -2.03. The number of imidazole rings is 1. The van der Waals surface area contributed by atoms with E-state index in [9.17, 15) is 31.5 Å². The second-order valence-electron chi connectivity index (χ2n) is 6.37. The molecule has 31 heavy (non-hydrogen) atoms. The minimum absolute atomic E-state index is 0.0500. The highest BCUT2D eigenvalue weighted by molar-refractivity contribution is 6.34. The van der Waals surface area contributed by atoms with Gasteiger partial charge >= 0.3 is 11.9 Å². The summed E-state index contributed by atoms with van der Waals surface area (Å²) in [5.74, 6) is -3.73. The van der Waals surface area contributed by atoms with Crippen LogP contribution in [0.5, 0.6) is 5.75 Å². The average molecular weight is 462 g/mol. The van der Waals surface area contributed by atoms with Gasteiger partial charge in [-0.05, 0) is 24.3 Å². The topological polar surface area (TPSA) is 76.1 Å². The van der Waals surface area contributed by atoms with E-state index < -0.39 is 53.0 Å². The van der Waals surface area contributed by atoms with Gasteiger partial charge in [0.15, 0.2) is 6.61 Å². The van der Waals surface area contributed by atoms with E-state index in [1.807, 2.05) is 0 Å². The molecule has 2 N–H and O–H groups in total. The van der Waals surface area contributed by atoms with Crippen LogP contribution in [0.25, 0.3) is 11.3 Å². The van der Waals surface area contributed by atoms with Gasteiger partial charge in [0.25, 0.3) is 5.91 Å². The Morgan fingerprint density at radius 2 is 1.94 bits per heavy atom. The molecule has 0 aliphatic heterocycles. The maximum Gasteiger partial charge on any atom is 0.422 e. The lowest BCUT2D eigenvalue weighted by Crippen LogP contribution is -2.22. The predicted molar refractivity (Wildman–Crippen MR) is 102 cm³/mol. The van der Waals surface area contributed by atoms with Gasteiger partial charge in [0.05, 0.1) is 22.0 Å².